The Morgan fingerprint density at radius 2 is 2.10 bits per heavy atom. The molecule has 2 aromatic rings. The summed E-state index contributed by atoms with van der Waals surface area (Å²) < 4.78 is 0. The van der Waals surface area contributed by atoms with E-state index in [2.05, 4.69) is 15.3 Å². The van der Waals surface area contributed by atoms with Crippen molar-refractivity contribution >= 4 is 11.6 Å². The van der Waals surface area contributed by atoms with Gasteiger partial charge in [0.2, 0.25) is 0 Å². The summed E-state index contributed by atoms with van der Waals surface area (Å²) in [6.45, 7) is 1.58. The Morgan fingerprint density at radius 1 is 1.20 bits per heavy atom. The molecule has 0 aliphatic carbocycles. The smallest absolute Gasteiger partial charge is 0.129 e. The van der Waals surface area contributed by atoms with Crippen molar-refractivity contribution in [3.63, 3.8) is 0 Å². The lowest BCUT2D eigenvalue weighted by Crippen LogP contribution is -2.26. The summed E-state index contributed by atoms with van der Waals surface area (Å²) in [6, 6.07) is 9.55. The van der Waals surface area contributed by atoms with Gasteiger partial charge >= 0.3 is 0 Å². The highest BCUT2D eigenvalue weighted by atomic mass is 35.5. The molecule has 1 atom stereocenters. The number of nitrogens with zero attached hydrogens (tertiary/aromatic N) is 2. The predicted octanol–water partition coefficient (Wildman–Crippen LogP) is 2.07. The fourth-order valence-corrected chi connectivity index (χ4v) is 2.06. The third-order valence-corrected chi connectivity index (χ3v) is 3.26. The van der Waals surface area contributed by atoms with Crippen LogP contribution in [0.2, 0.25) is 5.15 Å². The van der Waals surface area contributed by atoms with Crippen LogP contribution >= 0.6 is 11.6 Å². The zero-order chi connectivity index (χ0) is 14.2. The summed E-state index contributed by atoms with van der Waals surface area (Å²) in [7, 11) is 0. The maximum atomic E-state index is 9.42. The number of aromatic nitrogens is 2. The Balaban J connectivity index is 1.78. The molecule has 0 saturated heterocycles. The van der Waals surface area contributed by atoms with Crippen molar-refractivity contribution in [2.45, 2.75) is 13.0 Å². The summed E-state index contributed by atoms with van der Waals surface area (Å²) in [5.74, 6) is 0.158. The van der Waals surface area contributed by atoms with E-state index in [-0.39, 0.29) is 12.5 Å². The van der Waals surface area contributed by atoms with E-state index in [0.29, 0.717) is 11.7 Å². The lowest BCUT2D eigenvalue weighted by Gasteiger charge is -2.14. The van der Waals surface area contributed by atoms with Crippen LogP contribution in [0, 0.1) is 5.92 Å². The molecule has 2 rings (SSSR count). The average Bonchev–Trinajstić information content (AvgIpc) is 2.49. The molecule has 0 spiro atoms. The lowest BCUT2D eigenvalue weighted by atomic mass is 10.0. The van der Waals surface area contributed by atoms with E-state index in [0.717, 1.165) is 24.2 Å². The molecular formula is C15H18ClN3O. The van der Waals surface area contributed by atoms with Gasteiger partial charge in [0.1, 0.15) is 5.15 Å². The minimum Gasteiger partial charge on any atom is -0.396 e. The van der Waals surface area contributed by atoms with Crippen molar-refractivity contribution in [3.8, 4) is 0 Å². The van der Waals surface area contributed by atoms with E-state index in [1.54, 1.807) is 18.5 Å². The predicted molar refractivity (Wildman–Crippen MR) is 79.5 cm³/mol. The Morgan fingerprint density at radius 3 is 2.75 bits per heavy atom. The zero-order valence-corrected chi connectivity index (χ0v) is 11.9. The topological polar surface area (TPSA) is 58.0 Å². The molecule has 0 aliphatic heterocycles. The molecule has 0 fully saturated rings. The fourth-order valence-electron chi connectivity index (χ4n) is 1.95. The molecule has 4 nitrogen and oxygen atoms in total. The Labute approximate surface area is 123 Å². The number of halogens is 1. The van der Waals surface area contributed by atoms with Gasteiger partial charge < -0.3 is 10.4 Å². The van der Waals surface area contributed by atoms with E-state index in [1.807, 2.05) is 24.3 Å². The van der Waals surface area contributed by atoms with E-state index >= 15 is 0 Å². The fraction of sp³-hybridized carbons (Fsp3) is 0.333. The maximum absolute atomic E-state index is 9.42. The number of rotatable bonds is 7. The van der Waals surface area contributed by atoms with Crippen molar-refractivity contribution in [2.24, 2.45) is 5.92 Å². The molecule has 0 aromatic carbocycles. The number of nitrogens with one attached hydrogen (secondary N) is 1. The number of pyridine rings is 2. The summed E-state index contributed by atoms with van der Waals surface area (Å²) in [4.78, 5) is 8.31. The van der Waals surface area contributed by atoms with Crippen molar-refractivity contribution in [3.05, 3.63) is 59.1 Å². The zero-order valence-electron chi connectivity index (χ0n) is 11.2. The Hall–Kier alpha value is -1.49. The first-order valence-corrected chi connectivity index (χ1v) is 6.97. The normalized spacial score (nSPS) is 12.3. The van der Waals surface area contributed by atoms with Crippen molar-refractivity contribution in [1.82, 2.24) is 15.3 Å². The van der Waals surface area contributed by atoms with E-state index < -0.39 is 0 Å². The van der Waals surface area contributed by atoms with Crippen molar-refractivity contribution in [2.75, 3.05) is 13.2 Å². The average molecular weight is 292 g/mol. The highest BCUT2D eigenvalue weighted by Gasteiger charge is 2.09. The monoisotopic (exact) mass is 291 g/mol. The van der Waals surface area contributed by atoms with Gasteiger partial charge in [-0.2, -0.15) is 0 Å². The minimum absolute atomic E-state index is 0.141. The molecule has 5 heteroatoms. The van der Waals surface area contributed by atoms with Crippen LogP contribution in [0.4, 0.5) is 0 Å². The van der Waals surface area contributed by atoms with Crippen molar-refractivity contribution < 1.29 is 5.11 Å². The van der Waals surface area contributed by atoms with Gasteiger partial charge in [0.05, 0.1) is 0 Å². The van der Waals surface area contributed by atoms with Crippen LogP contribution < -0.4 is 5.32 Å². The second-order valence-electron chi connectivity index (χ2n) is 4.69. The standard InChI is InChI=1S/C15H18ClN3O/c16-15-5-4-12(10-19-15)8-17-9-13(11-20)7-14-3-1-2-6-18-14/h1-6,10,13,17,20H,7-9,11H2. The summed E-state index contributed by atoms with van der Waals surface area (Å²) >= 11 is 5.74. The minimum atomic E-state index is 0.141. The molecule has 1 unspecified atom stereocenters. The van der Waals surface area contributed by atoms with Crippen molar-refractivity contribution in [1.29, 1.82) is 0 Å². The highest BCUT2D eigenvalue weighted by molar-refractivity contribution is 6.29. The van der Waals surface area contributed by atoms with Gasteiger partial charge in [-0.05, 0) is 36.1 Å². The Bertz CT molecular complexity index is 504. The lowest BCUT2D eigenvalue weighted by molar-refractivity contribution is 0.220. The molecule has 2 N–H and O–H groups in total. The van der Waals surface area contributed by atoms with Crippen LogP contribution in [0.25, 0.3) is 0 Å². The highest BCUT2D eigenvalue weighted by Crippen LogP contribution is 2.07. The number of aliphatic hydroxyl groups excluding tert-OH is 1. The van der Waals surface area contributed by atoms with Crippen LogP contribution in [0.15, 0.2) is 42.7 Å². The first-order chi connectivity index (χ1) is 9.78. The second kappa shape index (κ2) is 7.94. The van der Waals surface area contributed by atoms with Gasteiger partial charge in [-0.25, -0.2) is 4.98 Å². The largest absolute Gasteiger partial charge is 0.396 e. The molecule has 0 bridgehead atoms. The first kappa shape index (κ1) is 14.9. The third kappa shape index (κ3) is 4.89. The number of hydrogen-bond acceptors (Lipinski definition) is 4. The summed E-state index contributed by atoms with van der Waals surface area (Å²) in [5, 5.41) is 13.2. The molecule has 106 valence electrons. The molecule has 0 aliphatic rings. The summed E-state index contributed by atoms with van der Waals surface area (Å²) in [6.07, 6.45) is 4.29. The number of hydrogen-bond donors (Lipinski definition) is 2. The third-order valence-electron chi connectivity index (χ3n) is 3.03. The van der Waals surface area contributed by atoms with Crippen LogP contribution in [0.3, 0.4) is 0 Å². The van der Waals surface area contributed by atoms with Crippen LogP contribution in [0.1, 0.15) is 11.3 Å². The quantitative estimate of drug-likeness (QED) is 0.767. The summed E-state index contributed by atoms with van der Waals surface area (Å²) in [5.41, 5.74) is 2.07. The van der Waals surface area contributed by atoms with E-state index in [9.17, 15) is 5.11 Å². The van der Waals surface area contributed by atoms with Crippen LogP contribution in [-0.4, -0.2) is 28.2 Å². The first-order valence-electron chi connectivity index (χ1n) is 6.60. The SMILES string of the molecule is OCC(CNCc1ccc(Cl)nc1)Cc1ccccn1. The van der Waals surface area contributed by atoms with Gasteiger partial charge in [-0.3, -0.25) is 4.98 Å². The molecule has 0 radical (unpaired) electrons. The molecular weight excluding hydrogens is 274 g/mol. The van der Waals surface area contributed by atoms with Gasteiger partial charge in [0, 0.05) is 37.8 Å². The second-order valence-corrected chi connectivity index (χ2v) is 5.08. The van der Waals surface area contributed by atoms with E-state index in [4.69, 9.17) is 11.6 Å². The van der Waals surface area contributed by atoms with Gasteiger partial charge in [0.15, 0.2) is 0 Å². The molecule has 0 amide bonds. The molecule has 2 heterocycles. The van der Waals surface area contributed by atoms with Crippen LogP contribution in [0.5, 0.6) is 0 Å². The Kier molecular flexibility index (Phi) is 5.92. The van der Waals surface area contributed by atoms with Gasteiger partial charge in [-0.15, -0.1) is 0 Å². The van der Waals surface area contributed by atoms with Crippen LogP contribution in [-0.2, 0) is 13.0 Å². The van der Waals surface area contributed by atoms with E-state index in [1.165, 1.54) is 0 Å². The molecule has 20 heavy (non-hydrogen) atoms. The van der Waals surface area contributed by atoms with Gasteiger partial charge in [0.25, 0.3) is 0 Å². The maximum Gasteiger partial charge on any atom is 0.129 e. The number of aliphatic hydroxyl groups is 1. The molecule has 2 aromatic heterocycles. The van der Waals surface area contributed by atoms with Gasteiger partial charge in [-0.1, -0.05) is 23.7 Å². The molecule has 0 saturated carbocycles.